The maximum absolute atomic E-state index is 13.9. The molecular formula is C17H12ClFN4O2. The van der Waals surface area contributed by atoms with Crippen LogP contribution in [0.2, 0.25) is 5.02 Å². The lowest BCUT2D eigenvalue weighted by atomic mass is 10.1. The van der Waals surface area contributed by atoms with E-state index in [2.05, 4.69) is 20.3 Å². The highest BCUT2D eigenvalue weighted by molar-refractivity contribution is 6.35. The Hall–Kier alpha value is -3.06. The first-order chi connectivity index (χ1) is 12.0. The molecule has 8 heteroatoms. The lowest BCUT2D eigenvalue weighted by Crippen LogP contribution is -2.13. The summed E-state index contributed by atoms with van der Waals surface area (Å²) in [6.07, 6.45) is 4.26. The van der Waals surface area contributed by atoms with Crippen LogP contribution in [0.5, 0.6) is 0 Å². The Balaban J connectivity index is 1.81. The standard InChI is InChI=1S/C17H12ClFN4O2/c1-9-20-7-11(8-21-9)23-17(25)14-5-10(6-22-14)16(24)15-12(18)3-2-4-13(15)19/h2-8,22H,1H3,(H,23,25). The fraction of sp³-hybridized carbons (Fsp3) is 0.0588. The van der Waals surface area contributed by atoms with E-state index in [0.717, 1.165) is 6.07 Å². The van der Waals surface area contributed by atoms with Crippen LogP contribution in [-0.2, 0) is 0 Å². The zero-order chi connectivity index (χ0) is 18.0. The normalized spacial score (nSPS) is 10.5. The summed E-state index contributed by atoms with van der Waals surface area (Å²) in [5, 5.41) is 2.60. The molecule has 3 aromatic rings. The molecule has 0 saturated heterocycles. The van der Waals surface area contributed by atoms with Crippen LogP contribution in [0.1, 0.15) is 32.2 Å². The number of H-pyrrole nitrogens is 1. The van der Waals surface area contributed by atoms with Crippen molar-refractivity contribution in [1.29, 1.82) is 0 Å². The molecule has 0 aliphatic carbocycles. The number of hydrogen-bond donors (Lipinski definition) is 2. The van der Waals surface area contributed by atoms with Crippen LogP contribution < -0.4 is 5.32 Å². The number of rotatable bonds is 4. The fourth-order valence-corrected chi connectivity index (χ4v) is 2.42. The molecule has 25 heavy (non-hydrogen) atoms. The van der Waals surface area contributed by atoms with Gasteiger partial charge in [-0.25, -0.2) is 14.4 Å². The van der Waals surface area contributed by atoms with Gasteiger partial charge in [0.1, 0.15) is 17.3 Å². The van der Waals surface area contributed by atoms with Crippen LogP contribution in [0.15, 0.2) is 42.9 Å². The largest absolute Gasteiger partial charge is 0.356 e. The topological polar surface area (TPSA) is 87.7 Å². The fourth-order valence-electron chi connectivity index (χ4n) is 2.17. The van der Waals surface area contributed by atoms with Gasteiger partial charge in [-0.15, -0.1) is 0 Å². The summed E-state index contributed by atoms with van der Waals surface area (Å²) in [7, 11) is 0. The van der Waals surface area contributed by atoms with Gasteiger partial charge in [0.05, 0.1) is 28.7 Å². The summed E-state index contributed by atoms with van der Waals surface area (Å²) >= 11 is 5.90. The maximum atomic E-state index is 13.9. The molecule has 0 aliphatic rings. The Bertz CT molecular complexity index is 933. The number of hydrogen-bond acceptors (Lipinski definition) is 4. The number of amides is 1. The third-order valence-electron chi connectivity index (χ3n) is 3.42. The van der Waals surface area contributed by atoms with Crippen molar-refractivity contribution in [3.63, 3.8) is 0 Å². The monoisotopic (exact) mass is 358 g/mol. The zero-order valence-electron chi connectivity index (χ0n) is 13.0. The van der Waals surface area contributed by atoms with Crippen molar-refractivity contribution in [1.82, 2.24) is 15.0 Å². The predicted octanol–water partition coefficient (Wildman–Crippen LogP) is 3.39. The molecule has 0 atom stereocenters. The summed E-state index contributed by atoms with van der Waals surface area (Å²) in [4.78, 5) is 35.3. The van der Waals surface area contributed by atoms with E-state index < -0.39 is 17.5 Å². The highest BCUT2D eigenvalue weighted by Crippen LogP contribution is 2.23. The summed E-state index contributed by atoms with van der Waals surface area (Å²) in [6, 6.07) is 5.32. The molecule has 2 aromatic heterocycles. The van der Waals surface area contributed by atoms with Gasteiger partial charge < -0.3 is 10.3 Å². The number of anilines is 1. The van der Waals surface area contributed by atoms with Gasteiger partial charge in [-0.3, -0.25) is 9.59 Å². The van der Waals surface area contributed by atoms with E-state index in [1.54, 1.807) is 6.92 Å². The summed E-state index contributed by atoms with van der Waals surface area (Å²) in [6.45, 7) is 1.72. The first-order valence-corrected chi connectivity index (χ1v) is 7.60. The average Bonchev–Trinajstić information content (AvgIpc) is 3.07. The molecule has 0 unspecified atom stereocenters. The summed E-state index contributed by atoms with van der Waals surface area (Å²) < 4.78 is 13.9. The van der Waals surface area contributed by atoms with E-state index in [9.17, 15) is 14.0 Å². The van der Waals surface area contributed by atoms with Crippen molar-refractivity contribution in [2.24, 2.45) is 0 Å². The van der Waals surface area contributed by atoms with E-state index in [1.165, 1.54) is 36.8 Å². The molecule has 0 radical (unpaired) electrons. The highest BCUT2D eigenvalue weighted by atomic mass is 35.5. The number of ketones is 1. The van der Waals surface area contributed by atoms with Crippen molar-refractivity contribution < 1.29 is 14.0 Å². The number of aromatic nitrogens is 3. The molecule has 1 aromatic carbocycles. The van der Waals surface area contributed by atoms with Gasteiger partial charge >= 0.3 is 0 Å². The number of aromatic amines is 1. The average molecular weight is 359 g/mol. The SMILES string of the molecule is Cc1ncc(NC(=O)c2cc(C(=O)c3c(F)cccc3Cl)c[nH]2)cn1. The van der Waals surface area contributed by atoms with Crippen LogP contribution >= 0.6 is 11.6 Å². The van der Waals surface area contributed by atoms with Crippen molar-refractivity contribution in [2.45, 2.75) is 6.92 Å². The Labute approximate surface area is 147 Å². The van der Waals surface area contributed by atoms with Gasteiger partial charge in [-0.1, -0.05) is 17.7 Å². The summed E-state index contributed by atoms with van der Waals surface area (Å²) in [5.41, 5.74) is 0.436. The number of aryl methyl sites for hydroxylation is 1. The van der Waals surface area contributed by atoms with Crippen molar-refractivity contribution in [3.05, 3.63) is 76.3 Å². The number of halogens is 2. The van der Waals surface area contributed by atoms with Crippen LogP contribution in [-0.4, -0.2) is 26.6 Å². The molecular weight excluding hydrogens is 347 g/mol. The van der Waals surface area contributed by atoms with Crippen molar-refractivity contribution in [3.8, 4) is 0 Å². The predicted molar refractivity (Wildman–Crippen MR) is 90.4 cm³/mol. The highest BCUT2D eigenvalue weighted by Gasteiger charge is 2.20. The zero-order valence-corrected chi connectivity index (χ0v) is 13.8. The molecule has 0 bridgehead atoms. The quantitative estimate of drug-likeness (QED) is 0.700. The second kappa shape index (κ2) is 6.82. The Kier molecular flexibility index (Phi) is 4.58. The van der Waals surface area contributed by atoms with E-state index in [-0.39, 0.29) is 21.8 Å². The molecule has 0 fully saturated rings. The second-order valence-corrected chi connectivity index (χ2v) is 5.61. The maximum Gasteiger partial charge on any atom is 0.272 e. The molecule has 1 amide bonds. The Morgan fingerprint density at radius 3 is 2.64 bits per heavy atom. The molecule has 6 nitrogen and oxygen atoms in total. The Morgan fingerprint density at radius 2 is 1.96 bits per heavy atom. The van der Waals surface area contributed by atoms with Gasteiger partial charge in [-0.2, -0.15) is 0 Å². The minimum absolute atomic E-state index is 0.00834. The molecule has 0 saturated carbocycles. The van der Waals surface area contributed by atoms with Crippen molar-refractivity contribution in [2.75, 3.05) is 5.32 Å². The first-order valence-electron chi connectivity index (χ1n) is 7.23. The van der Waals surface area contributed by atoms with Gasteiger partial charge in [0.25, 0.3) is 5.91 Å². The van der Waals surface area contributed by atoms with E-state index >= 15 is 0 Å². The molecule has 3 rings (SSSR count). The molecule has 0 spiro atoms. The number of carbonyl (C=O) groups excluding carboxylic acids is 2. The molecule has 0 aliphatic heterocycles. The Morgan fingerprint density at radius 1 is 1.24 bits per heavy atom. The minimum atomic E-state index is -0.721. The second-order valence-electron chi connectivity index (χ2n) is 5.20. The molecule has 2 heterocycles. The summed E-state index contributed by atoms with van der Waals surface area (Å²) in [5.74, 6) is -1.24. The van der Waals surface area contributed by atoms with Crippen LogP contribution in [0.25, 0.3) is 0 Å². The van der Waals surface area contributed by atoms with Crippen LogP contribution in [0.4, 0.5) is 10.1 Å². The van der Waals surface area contributed by atoms with Crippen molar-refractivity contribution >= 4 is 29.0 Å². The lowest BCUT2D eigenvalue weighted by Gasteiger charge is -2.03. The number of nitrogens with one attached hydrogen (secondary N) is 2. The lowest BCUT2D eigenvalue weighted by molar-refractivity contribution is 0.102. The third kappa shape index (κ3) is 3.56. The number of benzene rings is 1. The number of carbonyl (C=O) groups is 2. The number of nitrogens with zero attached hydrogens (tertiary/aromatic N) is 2. The van der Waals surface area contributed by atoms with Crippen LogP contribution in [0.3, 0.4) is 0 Å². The van der Waals surface area contributed by atoms with Gasteiger partial charge in [-0.05, 0) is 25.1 Å². The molecule has 2 N–H and O–H groups in total. The smallest absolute Gasteiger partial charge is 0.272 e. The van der Waals surface area contributed by atoms with E-state index in [4.69, 9.17) is 11.6 Å². The van der Waals surface area contributed by atoms with Gasteiger partial charge in [0, 0.05) is 11.8 Å². The van der Waals surface area contributed by atoms with Crippen LogP contribution in [0, 0.1) is 12.7 Å². The minimum Gasteiger partial charge on any atom is -0.356 e. The van der Waals surface area contributed by atoms with E-state index in [1.807, 2.05) is 0 Å². The first kappa shape index (κ1) is 16.8. The van der Waals surface area contributed by atoms with Gasteiger partial charge in [0.15, 0.2) is 5.78 Å². The molecule has 126 valence electrons. The third-order valence-corrected chi connectivity index (χ3v) is 3.73. The van der Waals surface area contributed by atoms with E-state index in [0.29, 0.717) is 11.5 Å². The van der Waals surface area contributed by atoms with Gasteiger partial charge in [0.2, 0.25) is 0 Å².